The molecule has 0 amide bonds. The van der Waals surface area contributed by atoms with Gasteiger partial charge in [-0.15, -0.1) is 0 Å². The van der Waals surface area contributed by atoms with Crippen LogP contribution in [-0.4, -0.2) is 11.6 Å². The summed E-state index contributed by atoms with van der Waals surface area (Å²) in [6, 6.07) is 7.11. The van der Waals surface area contributed by atoms with Crippen molar-refractivity contribution in [3.8, 4) is 5.75 Å². The van der Waals surface area contributed by atoms with Crippen LogP contribution in [0.2, 0.25) is 0 Å². The fraction of sp³-hybridized carbons (Fsp3) is 0.154. The van der Waals surface area contributed by atoms with Gasteiger partial charge in [0.1, 0.15) is 12.4 Å². The fourth-order valence-electron chi connectivity index (χ4n) is 1.64. The van der Waals surface area contributed by atoms with Gasteiger partial charge >= 0.3 is 0 Å². The summed E-state index contributed by atoms with van der Waals surface area (Å²) in [6.45, 7) is 6.01. The van der Waals surface area contributed by atoms with Gasteiger partial charge in [0, 0.05) is 11.5 Å². The van der Waals surface area contributed by atoms with Gasteiger partial charge in [0.05, 0.1) is 5.52 Å². The second-order valence-corrected chi connectivity index (χ2v) is 3.59. The van der Waals surface area contributed by atoms with Crippen LogP contribution < -0.4 is 10.3 Å². The number of aryl methyl sites for hydroxylation is 1. The maximum atomic E-state index is 11.2. The summed E-state index contributed by atoms with van der Waals surface area (Å²) in [5.41, 5.74) is 1.75. The van der Waals surface area contributed by atoms with E-state index in [1.165, 1.54) is 6.07 Å². The van der Waals surface area contributed by atoms with E-state index in [-0.39, 0.29) is 5.56 Å². The molecular formula is C13H13NO2. The van der Waals surface area contributed by atoms with Crippen molar-refractivity contribution in [3.05, 3.63) is 52.8 Å². The Morgan fingerprint density at radius 1 is 1.38 bits per heavy atom. The Morgan fingerprint density at radius 3 is 2.94 bits per heavy atom. The Bertz CT molecular complexity index is 584. The molecule has 3 heteroatoms. The van der Waals surface area contributed by atoms with Crippen molar-refractivity contribution in [2.75, 3.05) is 6.61 Å². The maximum absolute atomic E-state index is 11.2. The number of hydrogen-bond acceptors (Lipinski definition) is 2. The fourth-order valence-corrected chi connectivity index (χ4v) is 1.64. The van der Waals surface area contributed by atoms with Crippen molar-refractivity contribution < 1.29 is 4.74 Å². The summed E-state index contributed by atoms with van der Waals surface area (Å²) < 4.78 is 5.52. The highest BCUT2D eigenvalue weighted by molar-refractivity contribution is 5.87. The zero-order valence-corrected chi connectivity index (χ0v) is 9.12. The van der Waals surface area contributed by atoms with Crippen molar-refractivity contribution in [1.29, 1.82) is 0 Å². The number of fused-ring (bicyclic) bond motifs is 1. The van der Waals surface area contributed by atoms with Gasteiger partial charge in [0.2, 0.25) is 5.56 Å². The van der Waals surface area contributed by atoms with E-state index in [1.807, 2.05) is 19.1 Å². The topological polar surface area (TPSA) is 42.1 Å². The van der Waals surface area contributed by atoms with Crippen LogP contribution >= 0.6 is 0 Å². The third-order valence-electron chi connectivity index (χ3n) is 2.42. The van der Waals surface area contributed by atoms with Gasteiger partial charge in [-0.25, -0.2) is 0 Å². The molecule has 3 nitrogen and oxygen atoms in total. The molecule has 0 aliphatic carbocycles. The monoisotopic (exact) mass is 215 g/mol. The number of pyridine rings is 1. The predicted octanol–water partition coefficient (Wildman–Crippen LogP) is 2.40. The van der Waals surface area contributed by atoms with Crippen LogP contribution in [0.15, 0.2) is 41.7 Å². The largest absolute Gasteiger partial charge is 0.489 e. The van der Waals surface area contributed by atoms with E-state index in [0.717, 1.165) is 22.2 Å². The van der Waals surface area contributed by atoms with E-state index in [9.17, 15) is 4.79 Å². The van der Waals surface area contributed by atoms with Crippen LogP contribution in [0, 0.1) is 6.92 Å². The normalized spacial score (nSPS) is 10.3. The van der Waals surface area contributed by atoms with E-state index < -0.39 is 0 Å². The van der Waals surface area contributed by atoms with Crippen molar-refractivity contribution in [2.45, 2.75) is 6.92 Å². The lowest BCUT2D eigenvalue weighted by Crippen LogP contribution is -2.04. The van der Waals surface area contributed by atoms with Crippen LogP contribution in [0.25, 0.3) is 10.9 Å². The third-order valence-corrected chi connectivity index (χ3v) is 2.42. The van der Waals surface area contributed by atoms with Crippen molar-refractivity contribution in [3.63, 3.8) is 0 Å². The number of ether oxygens (including phenoxy) is 1. The van der Waals surface area contributed by atoms with Crippen LogP contribution in [0.5, 0.6) is 5.75 Å². The first-order chi connectivity index (χ1) is 7.72. The molecule has 0 bridgehead atoms. The van der Waals surface area contributed by atoms with E-state index in [4.69, 9.17) is 4.74 Å². The van der Waals surface area contributed by atoms with Gasteiger partial charge in [-0.05, 0) is 24.6 Å². The van der Waals surface area contributed by atoms with E-state index in [0.29, 0.717) is 6.61 Å². The van der Waals surface area contributed by atoms with E-state index in [1.54, 1.807) is 12.1 Å². The summed E-state index contributed by atoms with van der Waals surface area (Å²) in [7, 11) is 0. The Morgan fingerprint density at radius 2 is 2.19 bits per heavy atom. The summed E-state index contributed by atoms with van der Waals surface area (Å²) >= 11 is 0. The van der Waals surface area contributed by atoms with E-state index in [2.05, 4.69) is 11.6 Å². The minimum atomic E-state index is -0.100. The molecule has 0 spiro atoms. The molecule has 0 atom stereocenters. The molecule has 0 saturated carbocycles. The lowest BCUT2D eigenvalue weighted by molar-refractivity contribution is 0.367. The maximum Gasteiger partial charge on any atom is 0.248 e. The Hall–Kier alpha value is -2.03. The quantitative estimate of drug-likeness (QED) is 0.799. The molecule has 0 saturated heterocycles. The molecule has 0 aliphatic heterocycles. The number of nitrogens with one attached hydrogen (secondary N) is 1. The molecule has 2 rings (SSSR count). The molecule has 0 radical (unpaired) electrons. The standard InChI is InChI=1S/C13H13NO2/c1-3-8-16-11-6-4-9(2)13-10(11)5-7-12(15)14-13/h3-7H,1,8H2,2H3,(H,14,15). The average molecular weight is 215 g/mol. The van der Waals surface area contributed by atoms with Crippen LogP contribution in [-0.2, 0) is 0 Å². The van der Waals surface area contributed by atoms with Gasteiger partial charge in [-0.3, -0.25) is 4.79 Å². The third kappa shape index (κ3) is 1.84. The van der Waals surface area contributed by atoms with Gasteiger partial charge in [0.25, 0.3) is 0 Å². The molecule has 16 heavy (non-hydrogen) atoms. The van der Waals surface area contributed by atoms with Gasteiger partial charge in [0.15, 0.2) is 0 Å². The molecule has 1 aromatic heterocycles. The number of hydrogen-bond donors (Lipinski definition) is 1. The average Bonchev–Trinajstić information content (AvgIpc) is 2.29. The van der Waals surface area contributed by atoms with Gasteiger partial charge < -0.3 is 9.72 Å². The summed E-state index contributed by atoms with van der Waals surface area (Å²) in [5.74, 6) is 0.761. The van der Waals surface area contributed by atoms with Crippen LogP contribution in [0.1, 0.15) is 5.56 Å². The highest BCUT2D eigenvalue weighted by atomic mass is 16.5. The highest BCUT2D eigenvalue weighted by Crippen LogP contribution is 2.25. The second kappa shape index (κ2) is 4.23. The van der Waals surface area contributed by atoms with Gasteiger partial charge in [-0.1, -0.05) is 18.7 Å². The summed E-state index contributed by atoms with van der Waals surface area (Å²) in [6.07, 6.45) is 1.69. The zero-order chi connectivity index (χ0) is 11.5. The van der Waals surface area contributed by atoms with Crippen molar-refractivity contribution in [2.24, 2.45) is 0 Å². The molecule has 82 valence electrons. The lowest BCUT2D eigenvalue weighted by Gasteiger charge is -2.08. The Labute approximate surface area is 93.4 Å². The Kier molecular flexibility index (Phi) is 2.77. The van der Waals surface area contributed by atoms with Crippen LogP contribution in [0.3, 0.4) is 0 Å². The second-order valence-electron chi connectivity index (χ2n) is 3.59. The first kappa shape index (κ1) is 10.5. The predicted molar refractivity (Wildman–Crippen MR) is 65.0 cm³/mol. The van der Waals surface area contributed by atoms with Crippen LogP contribution in [0.4, 0.5) is 0 Å². The minimum absolute atomic E-state index is 0.100. The highest BCUT2D eigenvalue weighted by Gasteiger charge is 2.04. The SMILES string of the molecule is C=CCOc1ccc(C)c2[nH]c(=O)ccc12. The smallest absolute Gasteiger partial charge is 0.248 e. The molecule has 1 heterocycles. The molecular weight excluding hydrogens is 202 g/mol. The molecule has 0 fully saturated rings. The molecule has 2 aromatic rings. The molecule has 0 unspecified atom stereocenters. The van der Waals surface area contributed by atoms with Crippen molar-refractivity contribution >= 4 is 10.9 Å². The summed E-state index contributed by atoms with van der Waals surface area (Å²) in [4.78, 5) is 14.1. The first-order valence-corrected chi connectivity index (χ1v) is 5.08. The number of aromatic nitrogens is 1. The zero-order valence-electron chi connectivity index (χ0n) is 9.12. The summed E-state index contributed by atoms with van der Waals surface area (Å²) in [5, 5.41) is 0.918. The Balaban J connectivity index is 2.64. The first-order valence-electron chi connectivity index (χ1n) is 5.08. The number of H-pyrrole nitrogens is 1. The molecule has 1 aromatic carbocycles. The van der Waals surface area contributed by atoms with E-state index >= 15 is 0 Å². The molecule has 0 aliphatic rings. The number of rotatable bonds is 3. The minimum Gasteiger partial charge on any atom is -0.489 e. The molecule has 1 N–H and O–H groups in total. The van der Waals surface area contributed by atoms with Gasteiger partial charge in [-0.2, -0.15) is 0 Å². The number of benzene rings is 1. The lowest BCUT2D eigenvalue weighted by atomic mass is 10.1. The van der Waals surface area contributed by atoms with Crippen molar-refractivity contribution in [1.82, 2.24) is 4.98 Å². The number of aromatic amines is 1.